The van der Waals surface area contributed by atoms with Crippen molar-refractivity contribution < 1.29 is 13.9 Å². The second-order valence-corrected chi connectivity index (χ2v) is 7.13. The van der Waals surface area contributed by atoms with Crippen LogP contribution in [0.2, 0.25) is 0 Å². The molecule has 1 N–H and O–H groups in total. The molecule has 0 fully saturated rings. The first-order valence-electron chi connectivity index (χ1n) is 9.63. The highest BCUT2D eigenvalue weighted by Gasteiger charge is 2.15. The Hall–Kier alpha value is -3.86. The SMILES string of the molecule is Cc1cc(OCC(=O)Nc2ccccc2C)c2c(-c3ccccc3)cc(=O)oc2c1. The second-order valence-electron chi connectivity index (χ2n) is 7.13. The Morgan fingerprint density at radius 1 is 0.967 bits per heavy atom. The Labute approximate surface area is 173 Å². The molecule has 150 valence electrons. The molecule has 0 unspecified atom stereocenters. The molecule has 0 radical (unpaired) electrons. The number of hydrogen-bond donors (Lipinski definition) is 1. The van der Waals surface area contributed by atoms with Gasteiger partial charge >= 0.3 is 5.63 Å². The first-order valence-corrected chi connectivity index (χ1v) is 9.63. The van der Waals surface area contributed by atoms with Crippen LogP contribution in [0, 0.1) is 13.8 Å². The van der Waals surface area contributed by atoms with Gasteiger partial charge in [0.15, 0.2) is 6.61 Å². The van der Waals surface area contributed by atoms with E-state index >= 15 is 0 Å². The number of benzene rings is 3. The molecule has 0 bridgehead atoms. The average Bonchev–Trinajstić information content (AvgIpc) is 2.73. The number of hydrogen-bond acceptors (Lipinski definition) is 4. The molecule has 1 amide bonds. The largest absolute Gasteiger partial charge is 0.483 e. The van der Waals surface area contributed by atoms with Crippen LogP contribution in [0.4, 0.5) is 5.69 Å². The number of para-hydroxylation sites is 1. The van der Waals surface area contributed by atoms with Gasteiger partial charge in [0.1, 0.15) is 11.3 Å². The third kappa shape index (κ3) is 4.10. The highest BCUT2D eigenvalue weighted by Crippen LogP contribution is 2.35. The molecule has 0 atom stereocenters. The van der Waals surface area contributed by atoms with E-state index < -0.39 is 5.63 Å². The molecule has 0 spiro atoms. The minimum Gasteiger partial charge on any atom is -0.483 e. The molecule has 0 aliphatic carbocycles. The van der Waals surface area contributed by atoms with Crippen LogP contribution in [0.1, 0.15) is 11.1 Å². The number of rotatable bonds is 5. The van der Waals surface area contributed by atoms with Gasteiger partial charge in [-0.2, -0.15) is 0 Å². The van der Waals surface area contributed by atoms with Gasteiger partial charge in [-0.3, -0.25) is 4.79 Å². The predicted molar refractivity (Wildman–Crippen MR) is 118 cm³/mol. The highest BCUT2D eigenvalue weighted by atomic mass is 16.5. The lowest BCUT2D eigenvalue weighted by molar-refractivity contribution is -0.118. The molecule has 4 rings (SSSR count). The molecule has 30 heavy (non-hydrogen) atoms. The lowest BCUT2D eigenvalue weighted by Gasteiger charge is -2.14. The van der Waals surface area contributed by atoms with Crippen LogP contribution < -0.4 is 15.7 Å². The van der Waals surface area contributed by atoms with Gasteiger partial charge in [0.05, 0.1) is 5.39 Å². The second kappa shape index (κ2) is 8.25. The van der Waals surface area contributed by atoms with Crippen LogP contribution >= 0.6 is 0 Å². The monoisotopic (exact) mass is 399 g/mol. The Morgan fingerprint density at radius 2 is 1.70 bits per heavy atom. The average molecular weight is 399 g/mol. The van der Waals surface area contributed by atoms with Crippen LogP contribution in [0.5, 0.6) is 5.75 Å². The maximum Gasteiger partial charge on any atom is 0.336 e. The third-order valence-electron chi connectivity index (χ3n) is 4.82. The Morgan fingerprint density at radius 3 is 2.47 bits per heavy atom. The summed E-state index contributed by atoms with van der Waals surface area (Å²) in [4.78, 5) is 24.6. The summed E-state index contributed by atoms with van der Waals surface area (Å²) in [5, 5.41) is 3.52. The fraction of sp³-hybridized carbons (Fsp3) is 0.120. The smallest absolute Gasteiger partial charge is 0.336 e. The van der Waals surface area contributed by atoms with Gasteiger partial charge in [0.2, 0.25) is 0 Å². The number of ether oxygens (including phenoxy) is 1. The molecule has 0 aliphatic rings. The number of aryl methyl sites for hydroxylation is 2. The maximum atomic E-state index is 12.5. The molecule has 5 heteroatoms. The van der Waals surface area contributed by atoms with E-state index in [1.807, 2.05) is 74.5 Å². The topological polar surface area (TPSA) is 68.5 Å². The third-order valence-corrected chi connectivity index (χ3v) is 4.82. The van der Waals surface area contributed by atoms with E-state index in [1.165, 1.54) is 6.07 Å². The van der Waals surface area contributed by atoms with E-state index in [0.29, 0.717) is 22.3 Å². The van der Waals surface area contributed by atoms with Crippen molar-refractivity contribution in [2.24, 2.45) is 0 Å². The van der Waals surface area contributed by atoms with Crippen molar-refractivity contribution in [2.45, 2.75) is 13.8 Å². The molecule has 3 aromatic carbocycles. The molecule has 0 saturated carbocycles. The van der Waals surface area contributed by atoms with Gasteiger partial charge in [-0.05, 0) is 48.7 Å². The van der Waals surface area contributed by atoms with E-state index in [2.05, 4.69) is 5.32 Å². The molecular formula is C25H21NO4. The minimum atomic E-state index is -0.435. The first kappa shape index (κ1) is 19.5. The van der Waals surface area contributed by atoms with Crippen LogP contribution in [0.3, 0.4) is 0 Å². The van der Waals surface area contributed by atoms with E-state index in [9.17, 15) is 9.59 Å². The lowest BCUT2D eigenvalue weighted by Crippen LogP contribution is -2.20. The van der Waals surface area contributed by atoms with Crippen molar-refractivity contribution in [1.82, 2.24) is 0 Å². The number of carbonyl (C=O) groups is 1. The summed E-state index contributed by atoms with van der Waals surface area (Å²) in [5.41, 5.74) is 4.15. The van der Waals surface area contributed by atoms with Gasteiger partial charge in [-0.25, -0.2) is 4.79 Å². The van der Waals surface area contributed by atoms with Crippen molar-refractivity contribution >= 4 is 22.6 Å². The molecule has 5 nitrogen and oxygen atoms in total. The van der Waals surface area contributed by atoms with Crippen LogP contribution in [-0.2, 0) is 4.79 Å². The Kier molecular flexibility index (Phi) is 5.35. The predicted octanol–water partition coefficient (Wildman–Crippen LogP) is 5.09. The standard InChI is InChI=1S/C25H21NO4/c1-16-12-21(29-15-23(27)26-20-11-7-6-8-17(20)2)25-19(18-9-4-3-5-10-18)14-24(28)30-22(25)13-16/h3-14H,15H2,1-2H3,(H,26,27). The van der Waals surface area contributed by atoms with Crippen molar-refractivity contribution in [2.75, 3.05) is 11.9 Å². The summed E-state index contributed by atoms with van der Waals surface area (Å²) in [5.74, 6) is 0.227. The number of carbonyl (C=O) groups excluding carboxylic acids is 1. The number of nitrogens with one attached hydrogen (secondary N) is 1. The molecule has 4 aromatic rings. The zero-order valence-corrected chi connectivity index (χ0v) is 16.8. The molecule has 1 heterocycles. The fourth-order valence-corrected chi connectivity index (χ4v) is 3.40. The number of fused-ring (bicyclic) bond motifs is 1. The van der Waals surface area contributed by atoms with E-state index in [0.717, 1.165) is 22.4 Å². The molecular weight excluding hydrogens is 378 g/mol. The molecule has 0 saturated heterocycles. The normalized spacial score (nSPS) is 10.7. The van der Waals surface area contributed by atoms with Gasteiger partial charge < -0.3 is 14.5 Å². The molecule has 0 aliphatic heterocycles. The van der Waals surface area contributed by atoms with Gasteiger partial charge in [-0.1, -0.05) is 48.5 Å². The maximum absolute atomic E-state index is 12.5. The van der Waals surface area contributed by atoms with Gasteiger partial charge in [-0.15, -0.1) is 0 Å². The van der Waals surface area contributed by atoms with E-state index in [4.69, 9.17) is 9.15 Å². The van der Waals surface area contributed by atoms with E-state index in [1.54, 1.807) is 6.07 Å². The number of amides is 1. The van der Waals surface area contributed by atoms with Crippen LogP contribution in [0.25, 0.3) is 22.1 Å². The lowest BCUT2D eigenvalue weighted by atomic mass is 10.0. The molecule has 1 aromatic heterocycles. The summed E-state index contributed by atoms with van der Waals surface area (Å²) >= 11 is 0. The summed E-state index contributed by atoms with van der Waals surface area (Å²) in [6.07, 6.45) is 0. The summed E-state index contributed by atoms with van der Waals surface area (Å²) in [6, 6.07) is 22.2. The van der Waals surface area contributed by atoms with Crippen LogP contribution in [0.15, 0.2) is 82.0 Å². The van der Waals surface area contributed by atoms with Crippen molar-refractivity contribution in [3.8, 4) is 16.9 Å². The Bertz CT molecular complexity index is 1280. The van der Waals surface area contributed by atoms with E-state index in [-0.39, 0.29) is 12.5 Å². The highest BCUT2D eigenvalue weighted by molar-refractivity contribution is 5.99. The first-order chi connectivity index (χ1) is 14.5. The van der Waals surface area contributed by atoms with Gasteiger partial charge in [0, 0.05) is 17.3 Å². The zero-order chi connectivity index (χ0) is 21.1. The van der Waals surface area contributed by atoms with Crippen molar-refractivity contribution in [1.29, 1.82) is 0 Å². The zero-order valence-electron chi connectivity index (χ0n) is 16.8. The van der Waals surface area contributed by atoms with Crippen molar-refractivity contribution in [3.05, 3.63) is 94.3 Å². The summed E-state index contributed by atoms with van der Waals surface area (Å²) in [7, 11) is 0. The quantitative estimate of drug-likeness (QED) is 0.475. The van der Waals surface area contributed by atoms with Crippen LogP contribution in [-0.4, -0.2) is 12.5 Å². The number of anilines is 1. The Balaban J connectivity index is 1.69. The summed E-state index contributed by atoms with van der Waals surface area (Å²) < 4.78 is 11.3. The minimum absolute atomic E-state index is 0.166. The fourth-order valence-electron chi connectivity index (χ4n) is 3.40. The van der Waals surface area contributed by atoms with Crippen molar-refractivity contribution in [3.63, 3.8) is 0 Å². The summed E-state index contributed by atoms with van der Waals surface area (Å²) in [6.45, 7) is 3.65. The van der Waals surface area contributed by atoms with Gasteiger partial charge in [0.25, 0.3) is 5.91 Å².